The summed E-state index contributed by atoms with van der Waals surface area (Å²) in [4.78, 5) is 0. The first kappa shape index (κ1) is 10.2. The average molecular weight is 154 g/mol. The summed E-state index contributed by atoms with van der Waals surface area (Å²) < 4.78 is 12.5. The third kappa shape index (κ3) is 4.54. The predicted octanol–water partition coefficient (Wildman–Crippen LogP) is 3.42. The standard InChI is InChI=1S/C10H15F/c1-5-8(2)6-7-9(3)10(4)11/h5-7,10H,1H2,2-4H3/b8-6-,9-7-. The van der Waals surface area contributed by atoms with E-state index in [9.17, 15) is 4.39 Å². The van der Waals surface area contributed by atoms with Crippen molar-refractivity contribution in [2.75, 3.05) is 0 Å². The van der Waals surface area contributed by atoms with E-state index in [2.05, 4.69) is 6.58 Å². The van der Waals surface area contributed by atoms with Crippen molar-refractivity contribution in [3.05, 3.63) is 36.0 Å². The van der Waals surface area contributed by atoms with Crippen LogP contribution in [0.15, 0.2) is 36.0 Å². The second-order valence-electron chi connectivity index (χ2n) is 2.64. The smallest absolute Gasteiger partial charge is 0.118 e. The molecule has 0 nitrogen and oxygen atoms in total. The molecule has 0 heterocycles. The van der Waals surface area contributed by atoms with Gasteiger partial charge in [-0.1, -0.05) is 30.4 Å². The van der Waals surface area contributed by atoms with E-state index in [1.807, 2.05) is 13.0 Å². The molecule has 0 rings (SSSR count). The zero-order valence-corrected chi connectivity index (χ0v) is 7.39. The van der Waals surface area contributed by atoms with E-state index in [0.29, 0.717) is 0 Å². The Morgan fingerprint density at radius 1 is 1.36 bits per heavy atom. The minimum atomic E-state index is -0.858. The molecule has 0 amide bonds. The summed E-state index contributed by atoms with van der Waals surface area (Å²) in [6, 6.07) is 0. The van der Waals surface area contributed by atoms with Gasteiger partial charge in [-0.15, -0.1) is 0 Å². The number of hydrogen-bond donors (Lipinski definition) is 0. The Balaban J connectivity index is 4.22. The summed E-state index contributed by atoms with van der Waals surface area (Å²) in [6.07, 6.45) is 4.52. The summed E-state index contributed by atoms with van der Waals surface area (Å²) >= 11 is 0. The van der Waals surface area contributed by atoms with Crippen molar-refractivity contribution in [2.45, 2.75) is 26.9 Å². The maximum atomic E-state index is 12.5. The molecule has 1 unspecified atom stereocenters. The van der Waals surface area contributed by atoms with Crippen LogP contribution in [0.25, 0.3) is 0 Å². The molecule has 0 radical (unpaired) electrons. The summed E-state index contributed by atoms with van der Waals surface area (Å²) in [5.41, 5.74) is 1.79. The van der Waals surface area contributed by atoms with Crippen LogP contribution >= 0.6 is 0 Å². The van der Waals surface area contributed by atoms with Crippen LogP contribution in [0.4, 0.5) is 4.39 Å². The highest BCUT2D eigenvalue weighted by molar-refractivity contribution is 5.23. The molecule has 1 atom stereocenters. The molecule has 11 heavy (non-hydrogen) atoms. The number of alkyl halides is 1. The number of halogens is 1. The quantitative estimate of drug-likeness (QED) is 0.546. The van der Waals surface area contributed by atoms with Gasteiger partial charge in [0.05, 0.1) is 0 Å². The molecular formula is C10H15F. The summed E-state index contributed by atoms with van der Waals surface area (Å²) in [5, 5.41) is 0. The van der Waals surface area contributed by atoms with E-state index in [1.165, 1.54) is 6.92 Å². The Morgan fingerprint density at radius 3 is 2.27 bits per heavy atom. The van der Waals surface area contributed by atoms with Gasteiger partial charge >= 0.3 is 0 Å². The molecule has 0 fully saturated rings. The van der Waals surface area contributed by atoms with E-state index in [0.717, 1.165) is 11.1 Å². The highest BCUT2D eigenvalue weighted by Crippen LogP contribution is 2.05. The van der Waals surface area contributed by atoms with Gasteiger partial charge in [0.1, 0.15) is 6.17 Å². The normalized spacial score (nSPS) is 16.4. The Hall–Kier alpha value is -0.850. The second-order valence-corrected chi connectivity index (χ2v) is 2.64. The zero-order valence-electron chi connectivity index (χ0n) is 7.39. The van der Waals surface area contributed by atoms with Crippen molar-refractivity contribution in [1.29, 1.82) is 0 Å². The van der Waals surface area contributed by atoms with E-state index < -0.39 is 6.17 Å². The highest BCUT2D eigenvalue weighted by atomic mass is 19.1. The molecule has 0 aliphatic carbocycles. The van der Waals surface area contributed by atoms with Gasteiger partial charge in [0.25, 0.3) is 0 Å². The largest absolute Gasteiger partial charge is 0.243 e. The number of hydrogen-bond acceptors (Lipinski definition) is 0. The van der Waals surface area contributed by atoms with Crippen LogP contribution in [0.5, 0.6) is 0 Å². The second kappa shape index (κ2) is 4.89. The highest BCUT2D eigenvalue weighted by Gasteiger charge is 1.96. The van der Waals surface area contributed by atoms with Crippen molar-refractivity contribution >= 4 is 0 Å². The van der Waals surface area contributed by atoms with E-state index in [1.54, 1.807) is 19.1 Å². The number of rotatable bonds is 3. The van der Waals surface area contributed by atoms with Gasteiger partial charge in [-0.25, -0.2) is 4.39 Å². The van der Waals surface area contributed by atoms with Crippen LogP contribution in [0, 0.1) is 0 Å². The van der Waals surface area contributed by atoms with Crippen molar-refractivity contribution in [3.8, 4) is 0 Å². The molecular weight excluding hydrogens is 139 g/mol. The monoisotopic (exact) mass is 154 g/mol. The lowest BCUT2D eigenvalue weighted by atomic mass is 10.1. The first-order chi connectivity index (χ1) is 5.07. The molecule has 0 aliphatic rings. The first-order valence-corrected chi connectivity index (χ1v) is 3.69. The van der Waals surface area contributed by atoms with Crippen LogP contribution in [-0.2, 0) is 0 Å². The van der Waals surface area contributed by atoms with Crippen LogP contribution in [-0.4, -0.2) is 6.17 Å². The lowest BCUT2D eigenvalue weighted by Crippen LogP contribution is -1.92. The SMILES string of the molecule is C=C/C(C)=C\C=C(\C)C(C)F. The first-order valence-electron chi connectivity index (χ1n) is 3.69. The fraction of sp³-hybridized carbons (Fsp3) is 0.400. The maximum absolute atomic E-state index is 12.5. The molecule has 0 saturated carbocycles. The van der Waals surface area contributed by atoms with Crippen LogP contribution in [0.1, 0.15) is 20.8 Å². The van der Waals surface area contributed by atoms with E-state index >= 15 is 0 Å². The van der Waals surface area contributed by atoms with Gasteiger partial charge in [0, 0.05) is 0 Å². The molecule has 0 aromatic carbocycles. The van der Waals surface area contributed by atoms with Gasteiger partial charge in [-0.3, -0.25) is 0 Å². The van der Waals surface area contributed by atoms with Crippen LogP contribution in [0.3, 0.4) is 0 Å². The van der Waals surface area contributed by atoms with Crippen molar-refractivity contribution < 1.29 is 4.39 Å². The Kier molecular flexibility index (Phi) is 4.51. The average Bonchev–Trinajstić information content (AvgIpc) is 1.99. The van der Waals surface area contributed by atoms with Crippen LogP contribution in [0.2, 0.25) is 0 Å². The van der Waals surface area contributed by atoms with Gasteiger partial charge in [0.15, 0.2) is 0 Å². The van der Waals surface area contributed by atoms with Crippen molar-refractivity contribution in [2.24, 2.45) is 0 Å². The Morgan fingerprint density at radius 2 is 1.91 bits per heavy atom. The predicted molar refractivity (Wildman–Crippen MR) is 48.3 cm³/mol. The Bertz CT molecular complexity index is 185. The molecule has 0 aromatic heterocycles. The molecule has 62 valence electrons. The summed E-state index contributed by atoms with van der Waals surface area (Å²) in [6.45, 7) is 8.83. The summed E-state index contributed by atoms with van der Waals surface area (Å²) in [7, 11) is 0. The fourth-order valence-electron chi connectivity index (χ4n) is 0.464. The molecule has 0 N–H and O–H groups in total. The van der Waals surface area contributed by atoms with Gasteiger partial charge < -0.3 is 0 Å². The van der Waals surface area contributed by atoms with Gasteiger partial charge in [-0.05, 0) is 26.3 Å². The Labute approximate surface area is 68.1 Å². The van der Waals surface area contributed by atoms with Gasteiger partial charge in [-0.2, -0.15) is 0 Å². The minimum Gasteiger partial charge on any atom is -0.243 e. The zero-order chi connectivity index (χ0) is 8.85. The minimum absolute atomic E-state index is 0.742. The molecule has 0 spiro atoms. The lowest BCUT2D eigenvalue weighted by molar-refractivity contribution is 0.411. The molecule has 0 bridgehead atoms. The van der Waals surface area contributed by atoms with Crippen LogP contribution < -0.4 is 0 Å². The third-order valence-electron chi connectivity index (χ3n) is 1.56. The number of allylic oxidation sites excluding steroid dienone is 5. The third-order valence-corrected chi connectivity index (χ3v) is 1.56. The molecule has 1 heteroatoms. The maximum Gasteiger partial charge on any atom is 0.118 e. The summed E-state index contributed by atoms with van der Waals surface area (Å²) in [5.74, 6) is 0. The molecule has 0 saturated heterocycles. The molecule has 0 aliphatic heterocycles. The van der Waals surface area contributed by atoms with Crippen molar-refractivity contribution in [3.63, 3.8) is 0 Å². The fourth-order valence-corrected chi connectivity index (χ4v) is 0.464. The van der Waals surface area contributed by atoms with Crippen molar-refractivity contribution in [1.82, 2.24) is 0 Å². The van der Waals surface area contributed by atoms with E-state index in [-0.39, 0.29) is 0 Å². The lowest BCUT2D eigenvalue weighted by Gasteiger charge is -1.98. The molecule has 0 aromatic rings. The van der Waals surface area contributed by atoms with Gasteiger partial charge in [0.2, 0.25) is 0 Å². The van der Waals surface area contributed by atoms with E-state index in [4.69, 9.17) is 0 Å². The topological polar surface area (TPSA) is 0 Å².